The van der Waals surface area contributed by atoms with Gasteiger partial charge in [-0.1, -0.05) is 136 Å². The minimum absolute atomic E-state index is 0.0155. The first-order chi connectivity index (χ1) is 46.9. The van der Waals surface area contributed by atoms with E-state index in [0.717, 1.165) is 16.2 Å². The third-order valence-corrected chi connectivity index (χ3v) is 18.9. The van der Waals surface area contributed by atoms with Crippen LogP contribution in [0, 0.1) is 29.6 Å². The van der Waals surface area contributed by atoms with Crippen LogP contribution in [0.15, 0.2) is 60.7 Å². The number of hydrogen-bond acceptors (Lipinski definition) is 14. The lowest BCUT2D eigenvalue weighted by atomic mass is 9.93. The summed E-state index contributed by atoms with van der Waals surface area (Å²) < 4.78 is 0. The summed E-state index contributed by atoms with van der Waals surface area (Å²) in [5.41, 5.74) is 1.20. The van der Waals surface area contributed by atoms with Crippen molar-refractivity contribution in [3.63, 3.8) is 0 Å². The molecule has 0 aromatic heterocycles. The molecular formula is C73H115N13O14. The Labute approximate surface area is 591 Å². The van der Waals surface area contributed by atoms with Crippen LogP contribution in [0.4, 0.5) is 0 Å². The molecule has 8 N–H and O–H groups in total. The molecule has 0 bridgehead atoms. The molecule has 0 aliphatic carbocycles. The van der Waals surface area contributed by atoms with Gasteiger partial charge in [0.25, 0.3) is 0 Å². The number of piperidine rings is 1. The molecule has 0 radical (unpaired) electrons. The van der Waals surface area contributed by atoms with Crippen molar-refractivity contribution in [2.45, 2.75) is 227 Å². The van der Waals surface area contributed by atoms with Gasteiger partial charge in [0.05, 0.1) is 19.1 Å². The fourth-order valence-corrected chi connectivity index (χ4v) is 12.7. The van der Waals surface area contributed by atoms with Crippen molar-refractivity contribution in [2.75, 3.05) is 54.9 Å². The Bertz CT molecular complexity index is 3130. The smallest absolute Gasteiger partial charge is 0.248 e. The standard InChI is InChI=1S/C73H115N13O14/c1-19-46(10)62-73(100)83(16)56(36-43(4)5)66(93)74-41-59(89)81(14)48(12)64(91)76-52(38-50-29-23-20-24-30-50)65(92)80-60(49(13)87)72(99)82(15)57(37-44(6)7)67(94)78-54(39-51-31-25-21-26-32-51)70(97)84(17)61(45(8)9)68(95)79-55(71(98)86-33-27-22-28-34-86)40-58(88)75-47(11)63(90)77-53(35-42(2)3)69(96)85(62)18/h20-21,23-26,29-32,42-49,52-57,60-62,87H,19,22,27-28,33-41H2,1-18H3,(H,74,93)(H,75,88)(H,76,91)(H,77,90)(H,78,94)(H,79,95)(H,80,92)/t46-,47-,48-,49+,52-,53-,54-,55-,56-,57-,60-,61-,62-/m0/s1. The Balaban J connectivity index is 1.90. The van der Waals surface area contributed by atoms with E-state index < -0.39 is 174 Å². The Morgan fingerprint density at radius 1 is 0.490 bits per heavy atom. The minimum atomic E-state index is -1.72. The first kappa shape index (κ1) is 83.9. The second-order valence-electron chi connectivity index (χ2n) is 28.9. The van der Waals surface area contributed by atoms with E-state index in [1.807, 2.05) is 48.5 Å². The number of nitrogens with one attached hydrogen (secondary N) is 7. The largest absolute Gasteiger partial charge is 0.391 e. The summed E-state index contributed by atoms with van der Waals surface area (Å²) >= 11 is 0. The third kappa shape index (κ3) is 24.1. The lowest BCUT2D eigenvalue weighted by molar-refractivity contribution is -0.151. The summed E-state index contributed by atoms with van der Waals surface area (Å²) in [7, 11) is 6.90. The quantitative estimate of drug-likeness (QED) is 0.127. The van der Waals surface area contributed by atoms with Crippen molar-refractivity contribution < 1.29 is 67.4 Å². The predicted molar refractivity (Wildman–Crippen MR) is 378 cm³/mol. The molecule has 13 atom stereocenters. The van der Waals surface area contributed by atoms with E-state index in [-0.39, 0.29) is 49.9 Å². The lowest BCUT2D eigenvalue weighted by Gasteiger charge is -2.39. The van der Waals surface area contributed by atoms with Crippen LogP contribution in [0.3, 0.4) is 0 Å². The van der Waals surface area contributed by atoms with Gasteiger partial charge in [0.2, 0.25) is 76.8 Å². The fraction of sp³-hybridized carbons (Fsp3) is 0.658. The number of rotatable bonds is 15. The molecule has 2 saturated heterocycles. The Kier molecular flexibility index (Phi) is 33.1. The Hall–Kier alpha value is -8.49. The van der Waals surface area contributed by atoms with Crippen LogP contribution in [0.2, 0.25) is 0 Å². The molecule has 0 spiro atoms. The number of nitrogens with zero attached hydrogens (tertiary/aromatic N) is 6. The topological polar surface area (TPSA) is 346 Å². The van der Waals surface area contributed by atoms with Crippen molar-refractivity contribution in [1.82, 2.24) is 66.6 Å². The van der Waals surface area contributed by atoms with Crippen LogP contribution in [-0.2, 0) is 75.2 Å². The van der Waals surface area contributed by atoms with Gasteiger partial charge in [0, 0.05) is 61.2 Å². The molecule has 2 heterocycles. The second-order valence-corrected chi connectivity index (χ2v) is 28.9. The molecule has 0 saturated carbocycles. The van der Waals surface area contributed by atoms with Gasteiger partial charge in [0.1, 0.15) is 66.5 Å². The van der Waals surface area contributed by atoms with Crippen LogP contribution in [0.5, 0.6) is 0 Å². The van der Waals surface area contributed by atoms with Gasteiger partial charge < -0.3 is 71.7 Å². The molecule has 27 heteroatoms. The van der Waals surface area contributed by atoms with Crippen LogP contribution in [-0.4, -0.2) is 239 Å². The van der Waals surface area contributed by atoms with E-state index in [9.17, 15) is 57.8 Å². The molecule has 2 aromatic carbocycles. The SMILES string of the molecule is CC[C@H](C)[C@H]1C(=O)N(C)[C@@H](CC(C)C)C(=O)NCC(=O)N(C)[C@@H](C)C(=O)N[C@@H](Cc2ccccc2)C(=O)N[C@@H]([C@@H](C)O)C(=O)N(C)[C@@H](CC(C)C)C(=O)N[C@@H](Cc2ccccc2)C(=O)N(C)[C@@H](C(C)C)C(=O)N[C@H](C(=O)N2CCCCC2)CC(=O)N[C@@H](C)C(=O)N[C@@H](CC(C)C)C(=O)N1C. The molecule has 2 aliphatic rings. The molecule has 27 nitrogen and oxygen atoms in total. The fourth-order valence-electron chi connectivity index (χ4n) is 12.7. The second kappa shape index (κ2) is 39.5. The van der Waals surface area contributed by atoms with E-state index in [0.29, 0.717) is 43.5 Å². The number of likely N-dealkylation sites (tertiary alicyclic amines) is 1. The van der Waals surface area contributed by atoms with Gasteiger partial charge in [-0.15, -0.1) is 0 Å². The van der Waals surface area contributed by atoms with Crippen LogP contribution in [0.1, 0.15) is 153 Å². The molecule has 0 unspecified atom stereocenters. The monoisotopic (exact) mass is 1400 g/mol. The van der Waals surface area contributed by atoms with Crippen LogP contribution < -0.4 is 37.2 Å². The van der Waals surface area contributed by atoms with E-state index >= 15 is 9.59 Å². The van der Waals surface area contributed by atoms with Gasteiger partial charge in [-0.25, -0.2) is 0 Å². The minimum Gasteiger partial charge on any atom is -0.391 e. The van der Waals surface area contributed by atoms with Crippen molar-refractivity contribution in [3.05, 3.63) is 71.8 Å². The molecule has 13 amide bonds. The van der Waals surface area contributed by atoms with Crippen molar-refractivity contribution in [3.8, 4) is 0 Å². The van der Waals surface area contributed by atoms with Gasteiger partial charge >= 0.3 is 0 Å². The summed E-state index contributed by atoms with van der Waals surface area (Å²) in [4.78, 5) is 198. The zero-order valence-electron chi connectivity index (χ0n) is 62.2. The van der Waals surface area contributed by atoms with E-state index in [1.54, 1.807) is 86.3 Å². The molecule has 2 aliphatic heterocycles. The lowest BCUT2D eigenvalue weighted by Crippen LogP contribution is -2.62. The highest BCUT2D eigenvalue weighted by Gasteiger charge is 2.44. The zero-order valence-corrected chi connectivity index (χ0v) is 62.2. The van der Waals surface area contributed by atoms with Gasteiger partial charge in [-0.05, 0) is 100 Å². The van der Waals surface area contributed by atoms with E-state index in [4.69, 9.17) is 0 Å². The molecule has 100 heavy (non-hydrogen) atoms. The zero-order chi connectivity index (χ0) is 75.2. The summed E-state index contributed by atoms with van der Waals surface area (Å²) in [6.45, 7) is 22.1. The van der Waals surface area contributed by atoms with Crippen molar-refractivity contribution in [2.24, 2.45) is 29.6 Å². The predicted octanol–water partition coefficient (Wildman–Crippen LogP) is 2.31. The maximum atomic E-state index is 15.2. The van der Waals surface area contributed by atoms with E-state index in [2.05, 4.69) is 37.2 Å². The number of hydrogen-bond donors (Lipinski definition) is 8. The molecule has 556 valence electrons. The number of carbonyl (C=O) groups is 13. The summed E-state index contributed by atoms with van der Waals surface area (Å²) in [5, 5.41) is 30.4. The molecule has 2 aromatic rings. The highest BCUT2D eigenvalue weighted by atomic mass is 16.3. The number of carbonyl (C=O) groups excluding carboxylic acids is 13. The van der Waals surface area contributed by atoms with Gasteiger partial charge in [-0.2, -0.15) is 0 Å². The third-order valence-electron chi connectivity index (χ3n) is 18.9. The van der Waals surface area contributed by atoms with Gasteiger partial charge in [-0.3, -0.25) is 62.3 Å². The Morgan fingerprint density at radius 2 is 0.970 bits per heavy atom. The Morgan fingerprint density at radius 3 is 1.48 bits per heavy atom. The van der Waals surface area contributed by atoms with Gasteiger partial charge in [0.15, 0.2) is 0 Å². The average Bonchev–Trinajstić information content (AvgIpc) is 0.821. The number of aliphatic hydroxyl groups is 1. The van der Waals surface area contributed by atoms with Crippen LogP contribution >= 0.6 is 0 Å². The van der Waals surface area contributed by atoms with E-state index in [1.165, 1.54) is 70.7 Å². The summed E-state index contributed by atoms with van der Waals surface area (Å²) in [6, 6.07) is 2.46. The molecular weight excluding hydrogens is 1280 g/mol. The first-order valence-electron chi connectivity index (χ1n) is 35.4. The molecule has 4 rings (SSSR count). The number of benzene rings is 2. The number of amides is 13. The highest BCUT2D eigenvalue weighted by molar-refractivity contribution is 6.00. The number of likely N-dealkylation sites (N-methyl/N-ethyl adjacent to an activating group) is 5. The maximum absolute atomic E-state index is 15.2. The normalized spacial score (nSPS) is 26.2. The highest BCUT2D eigenvalue weighted by Crippen LogP contribution is 2.24. The average molecular weight is 1400 g/mol. The maximum Gasteiger partial charge on any atom is 0.248 e. The summed E-state index contributed by atoms with van der Waals surface area (Å²) in [6.07, 6.45) is 0.348. The summed E-state index contributed by atoms with van der Waals surface area (Å²) in [5.74, 6) is -11.6. The first-order valence-corrected chi connectivity index (χ1v) is 35.4. The van der Waals surface area contributed by atoms with Crippen LogP contribution in [0.25, 0.3) is 0 Å². The molecule has 2 fully saturated rings. The number of aliphatic hydroxyl groups excluding tert-OH is 1. The van der Waals surface area contributed by atoms with Crippen molar-refractivity contribution >= 4 is 76.8 Å². The van der Waals surface area contributed by atoms with Crippen molar-refractivity contribution in [1.29, 1.82) is 0 Å².